The number of carbonyl (C=O) groups is 2. The van der Waals surface area contributed by atoms with Gasteiger partial charge in [0.15, 0.2) is 0 Å². The first-order valence-corrected chi connectivity index (χ1v) is 6.32. The molecule has 1 rings (SSSR count). The van der Waals surface area contributed by atoms with Crippen molar-refractivity contribution in [2.45, 2.75) is 25.8 Å². The third-order valence-electron chi connectivity index (χ3n) is 2.62. The Morgan fingerprint density at radius 2 is 1.85 bits per heavy atom. The second-order valence-electron chi connectivity index (χ2n) is 4.25. The Bertz CT molecular complexity index is 443. The van der Waals surface area contributed by atoms with E-state index in [9.17, 15) is 9.59 Å². The highest BCUT2D eigenvalue weighted by Crippen LogP contribution is 2.17. The predicted octanol–water partition coefficient (Wildman–Crippen LogP) is 1.44. The summed E-state index contributed by atoms with van der Waals surface area (Å²) in [6.45, 7) is 1.81. The number of hydrogen-bond donors (Lipinski definition) is 2. The average Bonchev–Trinajstić information content (AvgIpc) is 2.44. The van der Waals surface area contributed by atoms with E-state index in [0.29, 0.717) is 18.8 Å². The SMILES string of the molecule is COc1ccc(OCCCC(=O)N[C@H](C)C(=O)O)cc1. The standard InChI is InChI=1S/C14H19NO5/c1-10(14(17)18)15-13(16)4-3-9-20-12-7-5-11(19-2)6-8-12/h5-8,10H,3-4,9H2,1-2H3,(H,15,16)(H,17,18)/t10-/m1/s1. The molecule has 2 N–H and O–H groups in total. The molecule has 0 saturated heterocycles. The van der Waals surface area contributed by atoms with Crippen LogP contribution in [0, 0.1) is 0 Å². The number of hydrogen-bond acceptors (Lipinski definition) is 4. The van der Waals surface area contributed by atoms with Gasteiger partial charge in [0.25, 0.3) is 0 Å². The van der Waals surface area contributed by atoms with Gasteiger partial charge >= 0.3 is 5.97 Å². The zero-order valence-electron chi connectivity index (χ0n) is 11.6. The molecule has 1 atom stereocenters. The molecule has 0 fully saturated rings. The molecule has 0 spiro atoms. The molecule has 0 heterocycles. The van der Waals surface area contributed by atoms with E-state index in [1.807, 2.05) is 0 Å². The highest BCUT2D eigenvalue weighted by molar-refractivity contribution is 5.83. The van der Waals surface area contributed by atoms with E-state index >= 15 is 0 Å². The van der Waals surface area contributed by atoms with Crippen LogP contribution >= 0.6 is 0 Å². The summed E-state index contributed by atoms with van der Waals surface area (Å²) < 4.78 is 10.5. The average molecular weight is 281 g/mol. The minimum Gasteiger partial charge on any atom is -0.497 e. The van der Waals surface area contributed by atoms with Gasteiger partial charge in [-0.25, -0.2) is 0 Å². The van der Waals surface area contributed by atoms with Crippen LogP contribution < -0.4 is 14.8 Å². The Labute approximate surface area is 117 Å². The van der Waals surface area contributed by atoms with Crippen LogP contribution in [0.1, 0.15) is 19.8 Å². The lowest BCUT2D eigenvalue weighted by molar-refractivity contribution is -0.141. The Morgan fingerprint density at radius 1 is 1.25 bits per heavy atom. The molecular formula is C14H19NO5. The lowest BCUT2D eigenvalue weighted by Gasteiger charge is -2.10. The lowest BCUT2D eigenvalue weighted by atomic mass is 10.2. The molecule has 6 heteroatoms. The second-order valence-corrected chi connectivity index (χ2v) is 4.25. The number of methoxy groups -OCH3 is 1. The number of benzene rings is 1. The van der Waals surface area contributed by atoms with E-state index in [1.54, 1.807) is 31.4 Å². The van der Waals surface area contributed by atoms with Gasteiger partial charge in [0, 0.05) is 6.42 Å². The van der Waals surface area contributed by atoms with Crippen molar-refractivity contribution < 1.29 is 24.2 Å². The maximum atomic E-state index is 11.4. The summed E-state index contributed by atoms with van der Waals surface area (Å²) in [6, 6.07) is 6.27. The third-order valence-corrected chi connectivity index (χ3v) is 2.62. The summed E-state index contributed by atoms with van der Waals surface area (Å²) in [5.41, 5.74) is 0. The quantitative estimate of drug-likeness (QED) is 0.704. The summed E-state index contributed by atoms with van der Waals surface area (Å²) in [5.74, 6) is 0.107. The van der Waals surface area contributed by atoms with Crippen LogP contribution in [0.4, 0.5) is 0 Å². The molecular weight excluding hydrogens is 262 g/mol. The van der Waals surface area contributed by atoms with Gasteiger partial charge in [0.05, 0.1) is 13.7 Å². The molecule has 0 bridgehead atoms. The van der Waals surface area contributed by atoms with Crippen molar-refractivity contribution in [3.8, 4) is 11.5 Å². The van der Waals surface area contributed by atoms with Gasteiger partial charge < -0.3 is 19.9 Å². The highest BCUT2D eigenvalue weighted by Gasteiger charge is 2.13. The zero-order chi connectivity index (χ0) is 15.0. The maximum Gasteiger partial charge on any atom is 0.325 e. The van der Waals surface area contributed by atoms with Crippen molar-refractivity contribution in [3.05, 3.63) is 24.3 Å². The van der Waals surface area contributed by atoms with Crippen LogP contribution in [0.5, 0.6) is 11.5 Å². The Morgan fingerprint density at radius 3 is 2.40 bits per heavy atom. The summed E-state index contributed by atoms with van der Waals surface area (Å²) in [5, 5.41) is 11.0. The number of ether oxygens (including phenoxy) is 2. The van der Waals surface area contributed by atoms with Gasteiger partial charge in [-0.1, -0.05) is 0 Å². The van der Waals surface area contributed by atoms with Crippen molar-refractivity contribution in [3.63, 3.8) is 0 Å². The molecule has 0 unspecified atom stereocenters. The minimum absolute atomic E-state index is 0.230. The van der Waals surface area contributed by atoms with E-state index < -0.39 is 12.0 Å². The van der Waals surface area contributed by atoms with Gasteiger partial charge in [-0.05, 0) is 37.6 Å². The molecule has 0 aliphatic rings. The molecule has 0 radical (unpaired) electrons. The summed E-state index contributed by atoms with van der Waals surface area (Å²) in [6.07, 6.45) is 0.748. The fraction of sp³-hybridized carbons (Fsp3) is 0.429. The number of carbonyl (C=O) groups excluding carboxylic acids is 1. The molecule has 1 aromatic carbocycles. The van der Waals surface area contributed by atoms with E-state index in [4.69, 9.17) is 14.6 Å². The number of aliphatic carboxylic acids is 1. The monoisotopic (exact) mass is 281 g/mol. The van der Waals surface area contributed by atoms with Gasteiger partial charge in [-0.15, -0.1) is 0 Å². The number of amides is 1. The van der Waals surface area contributed by atoms with Crippen molar-refractivity contribution in [1.82, 2.24) is 5.32 Å². The van der Waals surface area contributed by atoms with Gasteiger partial charge in [0.2, 0.25) is 5.91 Å². The zero-order valence-corrected chi connectivity index (χ0v) is 11.6. The molecule has 1 amide bonds. The van der Waals surface area contributed by atoms with Crippen LogP contribution in [-0.2, 0) is 9.59 Å². The van der Waals surface area contributed by atoms with E-state index in [-0.39, 0.29) is 12.3 Å². The molecule has 110 valence electrons. The van der Waals surface area contributed by atoms with Crippen molar-refractivity contribution in [2.75, 3.05) is 13.7 Å². The molecule has 6 nitrogen and oxygen atoms in total. The molecule has 0 saturated carbocycles. The van der Waals surface area contributed by atoms with Crippen LogP contribution in [-0.4, -0.2) is 36.7 Å². The normalized spacial score (nSPS) is 11.5. The first-order valence-electron chi connectivity index (χ1n) is 6.32. The van der Waals surface area contributed by atoms with Crippen molar-refractivity contribution in [2.24, 2.45) is 0 Å². The van der Waals surface area contributed by atoms with Crippen LogP contribution in [0.2, 0.25) is 0 Å². The molecule has 0 aliphatic heterocycles. The molecule has 0 aromatic heterocycles. The molecule has 0 aliphatic carbocycles. The number of carboxylic acid groups (broad SMARTS) is 1. The Hall–Kier alpha value is -2.24. The Kier molecular flexibility index (Phi) is 6.36. The fourth-order valence-corrected chi connectivity index (χ4v) is 1.47. The summed E-state index contributed by atoms with van der Waals surface area (Å²) in [7, 11) is 1.59. The van der Waals surface area contributed by atoms with E-state index in [1.165, 1.54) is 6.92 Å². The maximum absolute atomic E-state index is 11.4. The number of nitrogens with one attached hydrogen (secondary N) is 1. The summed E-state index contributed by atoms with van der Waals surface area (Å²) >= 11 is 0. The van der Waals surface area contributed by atoms with E-state index in [2.05, 4.69) is 5.32 Å². The van der Waals surface area contributed by atoms with Gasteiger partial charge in [-0.2, -0.15) is 0 Å². The van der Waals surface area contributed by atoms with Crippen molar-refractivity contribution >= 4 is 11.9 Å². The van der Waals surface area contributed by atoms with E-state index in [0.717, 1.165) is 5.75 Å². The third kappa shape index (κ3) is 5.60. The first kappa shape index (κ1) is 15.8. The Balaban J connectivity index is 2.20. The molecule has 20 heavy (non-hydrogen) atoms. The van der Waals surface area contributed by atoms with Gasteiger partial charge in [0.1, 0.15) is 17.5 Å². The van der Waals surface area contributed by atoms with Crippen LogP contribution in [0.15, 0.2) is 24.3 Å². The second kappa shape index (κ2) is 8.04. The number of rotatable bonds is 8. The topological polar surface area (TPSA) is 84.9 Å². The smallest absolute Gasteiger partial charge is 0.325 e. The lowest BCUT2D eigenvalue weighted by Crippen LogP contribution is -2.38. The van der Waals surface area contributed by atoms with Crippen LogP contribution in [0.25, 0.3) is 0 Å². The van der Waals surface area contributed by atoms with Crippen molar-refractivity contribution in [1.29, 1.82) is 0 Å². The predicted molar refractivity (Wildman–Crippen MR) is 73.0 cm³/mol. The fourth-order valence-electron chi connectivity index (χ4n) is 1.47. The van der Waals surface area contributed by atoms with Crippen LogP contribution in [0.3, 0.4) is 0 Å². The summed E-state index contributed by atoms with van der Waals surface area (Å²) in [4.78, 5) is 22.0. The number of carboxylic acids is 1. The first-order chi connectivity index (χ1) is 9.52. The highest BCUT2D eigenvalue weighted by atomic mass is 16.5. The molecule has 1 aromatic rings. The largest absolute Gasteiger partial charge is 0.497 e. The minimum atomic E-state index is -1.05. The van der Waals surface area contributed by atoms with Gasteiger partial charge in [-0.3, -0.25) is 9.59 Å².